The number of carboxylic acid groups (broad SMARTS) is 1. The van der Waals surface area contributed by atoms with Crippen LogP contribution < -0.4 is 5.11 Å². The molecule has 3 atom stereocenters. The van der Waals surface area contributed by atoms with Crippen LogP contribution in [0.3, 0.4) is 0 Å². The number of thioether (sulfide) groups is 1. The molecule has 0 spiro atoms. The minimum atomic E-state index is -1.28. The Balaban J connectivity index is 1.74. The summed E-state index contributed by atoms with van der Waals surface area (Å²) in [7, 11) is 4.42. The predicted octanol–water partition coefficient (Wildman–Crippen LogP) is -0.469. The SMILES string of the molecule is C[C@@H](O)[C@H]1C(=O)N2C(C(=O)[O-])=C(SC3CC[N+](C)(C)CC3)C[C@H]12. The van der Waals surface area contributed by atoms with Crippen LogP contribution in [0.4, 0.5) is 0 Å². The van der Waals surface area contributed by atoms with Gasteiger partial charge in [0.15, 0.2) is 0 Å². The van der Waals surface area contributed by atoms with Gasteiger partial charge in [0.25, 0.3) is 0 Å². The molecule has 7 heteroatoms. The van der Waals surface area contributed by atoms with Crippen LogP contribution >= 0.6 is 11.8 Å². The summed E-state index contributed by atoms with van der Waals surface area (Å²) in [5, 5.41) is 21.7. The standard InChI is InChI=1S/C16H24N2O4S/c1-9(19)13-11-8-12(14(16(21)22)17(11)15(13)20)23-10-4-6-18(2,3)7-5-10/h9-11,13,19H,4-8H2,1-3H3/t9-,11-,13-/m1/s1. The van der Waals surface area contributed by atoms with E-state index in [1.54, 1.807) is 18.7 Å². The summed E-state index contributed by atoms with van der Waals surface area (Å²) >= 11 is 1.60. The molecule has 1 N–H and O–H groups in total. The first-order valence-electron chi connectivity index (χ1n) is 8.15. The van der Waals surface area contributed by atoms with Gasteiger partial charge >= 0.3 is 0 Å². The van der Waals surface area contributed by atoms with Crippen LogP contribution in [0, 0.1) is 5.92 Å². The Morgan fingerprint density at radius 2 is 2.00 bits per heavy atom. The van der Waals surface area contributed by atoms with Crippen molar-refractivity contribution in [2.45, 2.75) is 43.6 Å². The number of rotatable bonds is 4. The molecule has 3 aliphatic heterocycles. The van der Waals surface area contributed by atoms with Gasteiger partial charge in [0, 0.05) is 29.4 Å². The fourth-order valence-electron chi connectivity index (χ4n) is 3.89. The van der Waals surface area contributed by atoms with E-state index in [1.165, 1.54) is 4.90 Å². The second kappa shape index (κ2) is 5.79. The number of hydrogen-bond acceptors (Lipinski definition) is 5. The maximum absolute atomic E-state index is 12.2. The number of aliphatic hydroxyl groups excluding tert-OH is 1. The molecule has 0 radical (unpaired) electrons. The van der Waals surface area contributed by atoms with E-state index < -0.39 is 18.0 Å². The van der Waals surface area contributed by atoms with Crippen LogP contribution in [0.15, 0.2) is 10.6 Å². The van der Waals surface area contributed by atoms with E-state index in [2.05, 4.69) is 14.1 Å². The molecule has 2 saturated heterocycles. The molecule has 23 heavy (non-hydrogen) atoms. The number of carbonyl (C=O) groups is 2. The number of likely N-dealkylation sites (tertiary alicyclic amines) is 1. The Hall–Kier alpha value is -1.05. The van der Waals surface area contributed by atoms with E-state index in [1.807, 2.05) is 0 Å². The zero-order valence-corrected chi connectivity index (χ0v) is 14.6. The average Bonchev–Trinajstić information content (AvgIpc) is 2.75. The Labute approximate surface area is 140 Å². The molecule has 0 aromatic rings. The van der Waals surface area contributed by atoms with Gasteiger partial charge in [0.05, 0.1) is 56.9 Å². The maximum Gasteiger partial charge on any atom is 0.235 e. The van der Waals surface area contributed by atoms with Crippen LogP contribution in [-0.4, -0.2) is 70.9 Å². The molecule has 0 aromatic heterocycles. The summed E-state index contributed by atoms with van der Waals surface area (Å²) in [5.41, 5.74) is 0.0428. The van der Waals surface area contributed by atoms with Gasteiger partial charge in [-0.15, -0.1) is 11.8 Å². The van der Waals surface area contributed by atoms with Gasteiger partial charge in [-0.05, 0) is 6.92 Å². The lowest BCUT2D eigenvalue weighted by Gasteiger charge is -2.45. The highest BCUT2D eigenvalue weighted by molar-refractivity contribution is 8.03. The minimum absolute atomic E-state index is 0.0428. The maximum atomic E-state index is 12.2. The predicted molar refractivity (Wildman–Crippen MR) is 84.9 cm³/mol. The van der Waals surface area contributed by atoms with Gasteiger partial charge in [-0.3, -0.25) is 4.79 Å². The molecule has 6 nitrogen and oxygen atoms in total. The molecular weight excluding hydrogens is 316 g/mol. The lowest BCUT2D eigenvalue weighted by molar-refractivity contribution is -0.894. The zero-order valence-electron chi connectivity index (χ0n) is 13.8. The molecule has 3 rings (SSSR count). The first-order valence-corrected chi connectivity index (χ1v) is 9.03. The number of quaternary nitrogens is 1. The van der Waals surface area contributed by atoms with Crippen LogP contribution in [-0.2, 0) is 9.59 Å². The number of carbonyl (C=O) groups excluding carboxylic acids is 2. The fraction of sp³-hybridized carbons (Fsp3) is 0.750. The molecule has 0 bridgehead atoms. The number of nitrogens with zero attached hydrogens (tertiary/aromatic N) is 2. The zero-order chi connectivity index (χ0) is 16.9. The second-order valence-corrected chi connectivity index (χ2v) is 8.90. The van der Waals surface area contributed by atoms with Crippen molar-refractivity contribution in [1.82, 2.24) is 4.90 Å². The van der Waals surface area contributed by atoms with Crippen molar-refractivity contribution in [2.24, 2.45) is 5.92 Å². The number of hydrogen-bond donors (Lipinski definition) is 1. The first-order chi connectivity index (χ1) is 10.7. The minimum Gasteiger partial charge on any atom is -0.543 e. The summed E-state index contributed by atoms with van der Waals surface area (Å²) in [6.45, 7) is 3.74. The van der Waals surface area contributed by atoms with Gasteiger partial charge in [-0.25, -0.2) is 0 Å². The Bertz CT molecular complexity index is 562. The number of piperidine rings is 1. The molecule has 0 aliphatic carbocycles. The van der Waals surface area contributed by atoms with E-state index in [4.69, 9.17) is 0 Å². The summed E-state index contributed by atoms with van der Waals surface area (Å²) in [4.78, 5) is 25.8. The van der Waals surface area contributed by atoms with E-state index in [9.17, 15) is 19.8 Å². The Morgan fingerprint density at radius 1 is 1.39 bits per heavy atom. The molecule has 128 valence electrons. The largest absolute Gasteiger partial charge is 0.543 e. The third kappa shape index (κ3) is 2.90. The number of aliphatic carboxylic acids is 1. The molecule has 3 heterocycles. The third-order valence-electron chi connectivity index (χ3n) is 5.30. The Kier molecular flexibility index (Phi) is 4.23. The smallest absolute Gasteiger partial charge is 0.235 e. The number of carboxylic acids is 1. The number of aliphatic hydroxyl groups is 1. The van der Waals surface area contributed by atoms with Gasteiger partial charge < -0.3 is 24.4 Å². The molecule has 3 aliphatic rings. The average molecular weight is 340 g/mol. The summed E-state index contributed by atoms with van der Waals surface area (Å²) < 4.78 is 1.00. The molecule has 0 aromatic carbocycles. The molecule has 2 fully saturated rings. The number of β-lactam (4-membered cyclic amide) rings is 1. The fourth-order valence-corrected chi connectivity index (χ4v) is 5.30. The van der Waals surface area contributed by atoms with E-state index in [0.29, 0.717) is 11.7 Å². The van der Waals surface area contributed by atoms with Crippen molar-refractivity contribution in [3.05, 3.63) is 10.6 Å². The van der Waals surface area contributed by atoms with Crippen LogP contribution in [0.25, 0.3) is 0 Å². The van der Waals surface area contributed by atoms with Crippen molar-refractivity contribution in [2.75, 3.05) is 27.2 Å². The quantitative estimate of drug-likeness (QED) is 0.553. The summed E-state index contributed by atoms with van der Waals surface area (Å²) in [6.07, 6.45) is 1.87. The summed E-state index contributed by atoms with van der Waals surface area (Å²) in [6, 6.07) is -0.214. The molecular formula is C16H24N2O4S. The van der Waals surface area contributed by atoms with Crippen molar-refractivity contribution < 1.29 is 24.3 Å². The lowest BCUT2D eigenvalue weighted by Crippen LogP contribution is -2.62. The van der Waals surface area contributed by atoms with Crippen LogP contribution in [0.2, 0.25) is 0 Å². The summed E-state index contributed by atoms with van der Waals surface area (Å²) in [5.74, 6) is -2.05. The number of fused-ring (bicyclic) bond motifs is 1. The van der Waals surface area contributed by atoms with E-state index >= 15 is 0 Å². The van der Waals surface area contributed by atoms with E-state index in [-0.39, 0.29) is 17.6 Å². The first kappa shape index (κ1) is 16.8. The third-order valence-corrected chi connectivity index (χ3v) is 6.75. The van der Waals surface area contributed by atoms with Crippen molar-refractivity contribution >= 4 is 23.6 Å². The highest BCUT2D eigenvalue weighted by Crippen LogP contribution is 2.48. The van der Waals surface area contributed by atoms with Crippen molar-refractivity contribution in [3.63, 3.8) is 0 Å². The normalized spacial score (nSPS) is 31.8. The Morgan fingerprint density at radius 3 is 2.52 bits per heavy atom. The van der Waals surface area contributed by atoms with E-state index in [0.717, 1.165) is 35.3 Å². The van der Waals surface area contributed by atoms with Gasteiger partial charge in [-0.2, -0.15) is 0 Å². The molecule has 0 unspecified atom stereocenters. The van der Waals surface area contributed by atoms with Crippen molar-refractivity contribution in [3.8, 4) is 0 Å². The molecule has 1 amide bonds. The highest BCUT2D eigenvalue weighted by atomic mass is 32.2. The van der Waals surface area contributed by atoms with Crippen molar-refractivity contribution in [1.29, 1.82) is 0 Å². The topological polar surface area (TPSA) is 80.7 Å². The monoisotopic (exact) mass is 340 g/mol. The second-order valence-electron chi connectivity index (χ2n) is 7.51. The van der Waals surface area contributed by atoms with Crippen LogP contribution in [0.1, 0.15) is 26.2 Å². The van der Waals surface area contributed by atoms with Gasteiger partial charge in [0.2, 0.25) is 5.91 Å². The molecule has 0 saturated carbocycles. The van der Waals surface area contributed by atoms with Gasteiger partial charge in [-0.1, -0.05) is 0 Å². The number of amides is 1. The van der Waals surface area contributed by atoms with Gasteiger partial charge in [0.1, 0.15) is 0 Å². The lowest BCUT2D eigenvalue weighted by atomic mass is 9.83. The highest BCUT2D eigenvalue weighted by Gasteiger charge is 2.55. The van der Waals surface area contributed by atoms with Crippen LogP contribution in [0.5, 0.6) is 0 Å².